The first kappa shape index (κ1) is 18.1. The minimum Gasteiger partial charge on any atom is -0.503 e. The third-order valence-electron chi connectivity index (χ3n) is 5.11. The number of aliphatic hydroxyl groups is 1. The second-order valence-electron chi connectivity index (χ2n) is 7.04. The van der Waals surface area contributed by atoms with Gasteiger partial charge in [-0.1, -0.05) is 29.3 Å². The molecule has 0 aromatic heterocycles. The van der Waals surface area contributed by atoms with Gasteiger partial charge in [-0.05, 0) is 44.4 Å². The molecule has 5 nitrogen and oxygen atoms in total. The number of likely N-dealkylation sites (tertiary alicyclic amines) is 1. The molecule has 0 bridgehead atoms. The highest BCUT2D eigenvalue weighted by Crippen LogP contribution is 2.42. The van der Waals surface area contributed by atoms with Gasteiger partial charge in [-0.2, -0.15) is 0 Å². The van der Waals surface area contributed by atoms with Gasteiger partial charge in [-0.3, -0.25) is 9.59 Å². The van der Waals surface area contributed by atoms with E-state index in [1.54, 1.807) is 18.0 Å². The van der Waals surface area contributed by atoms with E-state index in [0.717, 1.165) is 18.4 Å². The fourth-order valence-electron chi connectivity index (χ4n) is 3.85. The second-order valence-corrected chi connectivity index (χ2v) is 7.86. The number of nitrogens with zero attached hydrogens (tertiary/aromatic N) is 2. The number of carbonyl (C=O) groups excluding carboxylic acids is 2. The first-order valence-electron chi connectivity index (χ1n) is 8.12. The van der Waals surface area contributed by atoms with Gasteiger partial charge in [0.1, 0.15) is 0 Å². The van der Waals surface area contributed by atoms with Gasteiger partial charge in [-0.15, -0.1) is 0 Å². The number of rotatable bonds is 4. The Balaban J connectivity index is 1.74. The molecule has 2 amide bonds. The lowest BCUT2D eigenvalue weighted by atomic mass is 9.93. The normalized spacial score (nSPS) is 22.2. The van der Waals surface area contributed by atoms with Gasteiger partial charge in [0.15, 0.2) is 5.76 Å². The average molecular weight is 383 g/mol. The van der Waals surface area contributed by atoms with Crippen molar-refractivity contribution in [3.63, 3.8) is 0 Å². The molecule has 1 N–H and O–H groups in total. The van der Waals surface area contributed by atoms with Crippen molar-refractivity contribution in [2.75, 3.05) is 13.6 Å². The van der Waals surface area contributed by atoms with Crippen LogP contribution in [0, 0.1) is 0 Å². The van der Waals surface area contributed by atoms with E-state index in [1.807, 2.05) is 26.0 Å². The van der Waals surface area contributed by atoms with Crippen LogP contribution in [0.15, 0.2) is 29.5 Å². The molecule has 1 saturated heterocycles. The molecule has 1 unspecified atom stereocenters. The summed E-state index contributed by atoms with van der Waals surface area (Å²) < 4.78 is 0. The lowest BCUT2D eigenvalue weighted by Gasteiger charge is -2.37. The molecule has 7 heteroatoms. The summed E-state index contributed by atoms with van der Waals surface area (Å²) in [7, 11) is 1.62. The van der Waals surface area contributed by atoms with Crippen molar-refractivity contribution < 1.29 is 14.7 Å². The Morgan fingerprint density at radius 1 is 1.16 bits per heavy atom. The highest BCUT2D eigenvalue weighted by Gasteiger charge is 2.58. The van der Waals surface area contributed by atoms with Crippen LogP contribution in [0.1, 0.15) is 25.8 Å². The number of amides is 2. The van der Waals surface area contributed by atoms with E-state index in [4.69, 9.17) is 23.2 Å². The number of likely N-dealkylation sites (N-methyl/N-ethyl adjacent to an activating group) is 1. The zero-order valence-corrected chi connectivity index (χ0v) is 15.9. The van der Waals surface area contributed by atoms with Crippen molar-refractivity contribution in [2.24, 2.45) is 0 Å². The Bertz CT molecular complexity index is 789. The summed E-state index contributed by atoms with van der Waals surface area (Å²) in [5, 5.41) is 11.1. The van der Waals surface area contributed by atoms with Crippen LogP contribution >= 0.6 is 23.2 Å². The smallest absolute Gasteiger partial charge is 0.289 e. The number of benzene rings is 1. The molecule has 0 saturated carbocycles. The number of hydrogen-bond donors (Lipinski definition) is 1. The van der Waals surface area contributed by atoms with Crippen LogP contribution in [0.4, 0.5) is 0 Å². The third-order valence-corrected chi connectivity index (χ3v) is 5.85. The number of halogens is 2. The molecule has 1 aromatic carbocycles. The van der Waals surface area contributed by atoms with E-state index in [-0.39, 0.29) is 11.5 Å². The van der Waals surface area contributed by atoms with Crippen molar-refractivity contribution in [1.82, 2.24) is 9.80 Å². The zero-order chi connectivity index (χ0) is 18.5. The maximum atomic E-state index is 12.7. The van der Waals surface area contributed by atoms with Crippen LogP contribution in [0.2, 0.25) is 10.0 Å². The first-order chi connectivity index (χ1) is 11.7. The van der Waals surface area contributed by atoms with Crippen LogP contribution < -0.4 is 0 Å². The molecule has 0 radical (unpaired) electrons. The van der Waals surface area contributed by atoms with Crippen LogP contribution in [0.5, 0.6) is 0 Å². The molecule has 3 rings (SSSR count). The predicted molar refractivity (Wildman–Crippen MR) is 96.8 cm³/mol. The molecule has 0 spiro atoms. The van der Waals surface area contributed by atoms with Gasteiger partial charge in [-0.25, -0.2) is 0 Å². The number of hydrogen-bond acceptors (Lipinski definition) is 3. The fourth-order valence-corrected chi connectivity index (χ4v) is 4.17. The molecule has 1 atom stereocenters. The molecule has 134 valence electrons. The quantitative estimate of drug-likeness (QED) is 0.869. The van der Waals surface area contributed by atoms with Crippen molar-refractivity contribution in [3.8, 4) is 0 Å². The number of carbonyl (C=O) groups is 2. The largest absolute Gasteiger partial charge is 0.503 e. The molecule has 0 aliphatic carbocycles. The van der Waals surface area contributed by atoms with Crippen LogP contribution in [-0.4, -0.2) is 51.9 Å². The van der Waals surface area contributed by atoms with Crippen LogP contribution in [0.3, 0.4) is 0 Å². The number of fused-ring (bicyclic) bond motifs is 1. The minimum absolute atomic E-state index is 0.215. The monoisotopic (exact) mass is 382 g/mol. The van der Waals surface area contributed by atoms with Gasteiger partial charge in [0.2, 0.25) is 0 Å². The van der Waals surface area contributed by atoms with Crippen molar-refractivity contribution in [1.29, 1.82) is 0 Å². The SMILES string of the molecule is CN1C(=O)C(O)=C2C(=O)N(CCCc3ccc(Cl)c(Cl)c3)C(C)(C)C21. The van der Waals surface area contributed by atoms with Gasteiger partial charge >= 0.3 is 0 Å². The molecule has 2 heterocycles. The zero-order valence-electron chi connectivity index (χ0n) is 14.3. The van der Waals surface area contributed by atoms with Crippen molar-refractivity contribution in [2.45, 2.75) is 38.3 Å². The molecule has 2 aliphatic heterocycles. The number of aryl methyl sites for hydroxylation is 1. The molecule has 1 fully saturated rings. The van der Waals surface area contributed by atoms with E-state index in [1.165, 1.54) is 4.90 Å². The van der Waals surface area contributed by atoms with Crippen LogP contribution in [0.25, 0.3) is 0 Å². The Labute approximate surface area is 156 Å². The summed E-state index contributed by atoms with van der Waals surface area (Å²) in [5.74, 6) is -1.17. The Morgan fingerprint density at radius 3 is 2.44 bits per heavy atom. The lowest BCUT2D eigenvalue weighted by molar-refractivity contribution is -0.133. The third kappa shape index (κ3) is 2.79. The highest BCUT2D eigenvalue weighted by atomic mass is 35.5. The molecule has 2 aliphatic rings. The van der Waals surface area contributed by atoms with Crippen LogP contribution in [-0.2, 0) is 16.0 Å². The molecular formula is C18H20Cl2N2O3. The fraction of sp³-hybridized carbons (Fsp3) is 0.444. The van der Waals surface area contributed by atoms with Gasteiger partial charge < -0.3 is 14.9 Å². The average Bonchev–Trinajstić information content (AvgIpc) is 2.90. The standard InChI is InChI=1S/C18H20Cl2N2O3/c1-18(2)15-13(14(23)17(25)21(15)3)16(24)22(18)8-4-5-10-6-7-11(19)12(20)9-10/h6-7,9,15,23H,4-5,8H2,1-3H3. The Morgan fingerprint density at radius 2 is 1.84 bits per heavy atom. The summed E-state index contributed by atoms with van der Waals surface area (Å²) in [6, 6.07) is 5.09. The van der Waals surface area contributed by atoms with E-state index >= 15 is 0 Å². The summed E-state index contributed by atoms with van der Waals surface area (Å²) in [5.41, 5.74) is 0.694. The predicted octanol–water partition coefficient (Wildman–Crippen LogP) is 3.20. The van der Waals surface area contributed by atoms with E-state index in [0.29, 0.717) is 16.6 Å². The minimum atomic E-state index is -0.570. The Hall–Kier alpha value is -1.72. The van der Waals surface area contributed by atoms with E-state index in [2.05, 4.69) is 0 Å². The summed E-state index contributed by atoms with van der Waals surface area (Å²) in [4.78, 5) is 27.9. The summed E-state index contributed by atoms with van der Waals surface area (Å²) in [6.07, 6.45) is 1.49. The van der Waals surface area contributed by atoms with Crippen molar-refractivity contribution >= 4 is 35.0 Å². The maximum Gasteiger partial charge on any atom is 0.289 e. The molecule has 1 aromatic rings. The Kier molecular flexibility index (Phi) is 4.50. The van der Waals surface area contributed by atoms with E-state index < -0.39 is 23.2 Å². The topological polar surface area (TPSA) is 60.9 Å². The first-order valence-corrected chi connectivity index (χ1v) is 8.88. The van der Waals surface area contributed by atoms with Crippen molar-refractivity contribution in [3.05, 3.63) is 45.1 Å². The van der Waals surface area contributed by atoms with Gasteiger partial charge in [0.05, 0.1) is 27.2 Å². The summed E-state index contributed by atoms with van der Waals surface area (Å²) >= 11 is 12.0. The van der Waals surface area contributed by atoms with Gasteiger partial charge in [0.25, 0.3) is 11.8 Å². The number of aliphatic hydroxyl groups excluding tert-OH is 1. The van der Waals surface area contributed by atoms with Gasteiger partial charge in [0, 0.05) is 13.6 Å². The molecular weight excluding hydrogens is 363 g/mol. The molecule has 25 heavy (non-hydrogen) atoms. The second kappa shape index (κ2) is 6.22. The van der Waals surface area contributed by atoms with E-state index in [9.17, 15) is 14.7 Å². The summed E-state index contributed by atoms with van der Waals surface area (Å²) in [6.45, 7) is 4.37. The highest BCUT2D eigenvalue weighted by molar-refractivity contribution is 6.42. The lowest BCUT2D eigenvalue weighted by Crippen LogP contribution is -2.52. The maximum absolute atomic E-state index is 12.7.